The summed E-state index contributed by atoms with van der Waals surface area (Å²) in [6, 6.07) is 17.8. The van der Waals surface area contributed by atoms with Crippen LogP contribution in [0.25, 0.3) is 21.8 Å². The van der Waals surface area contributed by atoms with Crippen molar-refractivity contribution in [2.75, 3.05) is 27.2 Å². The molecule has 0 aliphatic carbocycles. The molecular weight excluding hydrogens is 424 g/mol. The van der Waals surface area contributed by atoms with Gasteiger partial charge in [-0.1, -0.05) is 30.3 Å². The van der Waals surface area contributed by atoms with Gasteiger partial charge in [0.05, 0.1) is 11.0 Å². The number of carbonyl (C=O) groups is 1. The quantitative estimate of drug-likeness (QED) is 0.401. The highest BCUT2D eigenvalue weighted by molar-refractivity contribution is 5.94. The third kappa shape index (κ3) is 4.78. The van der Waals surface area contributed by atoms with E-state index in [0.29, 0.717) is 34.9 Å². The van der Waals surface area contributed by atoms with Crippen molar-refractivity contribution in [3.8, 4) is 0 Å². The van der Waals surface area contributed by atoms with Gasteiger partial charge >= 0.3 is 0 Å². The Bertz CT molecular complexity index is 1320. The fourth-order valence-corrected chi connectivity index (χ4v) is 3.95. The number of carbonyl (C=O) groups excluding carboxylic acids is 1. The number of benzene rings is 3. The van der Waals surface area contributed by atoms with Crippen molar-refractivity contribution >= 4 is 27.7 Å². The number of aromatic nitrogens is 1. The lowest BCUT2D eigenvalue weighted by Crippen LogP contribution is -2.38. The minimum absolute atomic E-state index is 0.0163. The van der Waals surface area contributed by atoms with Gasteiger partial charge in [0.1, 0.15) is 18.2 Å². The maximum absolute atomic E-state index is 14.3. The van der Waals surface area contributed by atoms with Gasteiger partial charge in [0, 0.05) is 42.0 Å². The molecule has 0 bridgehead atoms. The van der Waals surface area contributed by atoms with E-state index < -0.39 is 11.6 Å². The Morgan fingerprint density at radius 2 is 1.48 bits per heavy atom. The maximum atomic E-state index is 14.3. The van der Waals surface area contributed by atoms with Gasteiger partial charge in [-0.25, -0.2) is 8.78 Å². The first-order valence-electron chi connectivity index (χ1n) is 10.7. The van der Waals surface area contributed by atoms with E-state index in [0.717, 1.165) is 6.07 Å². The van der Waals surface area contributed by atoms with E-state index in [9.17, 15) is 18.4 Å². The van der Waals surface area contributed by atoms with E-state index in [-0.39, 0.29) is 30.0 Å². The number of rotatable bonds is 7. The molecule has 3 aromatic carbocycles. The van der Waals surface area contributed by atoms with Crippen molar-refractivity contribution in [1.29, 1.82) is 0 Å². The van der Waals surface area contributed by atoms with E-state index in [2.05, 4.69) is 0 Å². The molecule has 0 radical (unpaired) electrons. The number of likely N-dealkylation sites (N-methyl/N-ethyl adjacent to an activating group) is 1. The predicted octanol–water partition coefficient (Wildman–Crippen LogP) is 4.02. The van der Waals surface area contributed by atoms with Crippen LogP contribution in [0.2, 0.25) is 0 Å². The van der Waals surface area contributed by atoms with Crippen LogP contribution in [0.1, 0.15) is 5.56 Å². The fraction of sp³-hybridized carbons (Fsp3) is 0.231. The zero-order valence-corrected chi connectivity index (χ0v) is 18.6. The van der Waals surface area contributed by atoms with Crippen LogP contribution >= 0.6 is 0 Å². The largest absolute Gasteiger partial charge is 0.335 e. The smallest absolute Gasteiger partial charge is 0.242 e. The zero-order chi connectivity index (χ0) is 23.5. The molecule has 0 aliphatic rings. The zero-order valence-electron chi connectivity index (χ0n) is 18.6. The van der Waals surface area contributed by atoms with Crippen molar-refractivity contribution in [2.24, 2.45) is 0 Å². The molecule has 1 heterocycles. The first-order chi connectivity index (χ1) is 15.8. The molecule has 4 rings (SSSR count). The summed E-state index contributed by atoms with van der Waals surface area (Å²) >= 11 is 0. The Kier molecular flexibility index (Phi) is 6.51. The highest BCUT2D eigenvalue weighted by Crippen LogP contribution is 2.20. The molecule has 0 atom stereocenters. The minimum Gasteiger partial charge on any atom is -0.335 e. The molecule has 0 spiro atoms. The normalized spacial score (nSPS) is 11.4. The Balaban J connectivity index is 1.74. The van der Waals surface area contributed by atoms with Crippen molar-refractivity contribution in [3.05, 3.63) is 94.2 Å². The molecule has 0 unspecified atom stereocenters. The second kappa shape index (κ2) is 9.50. The van der Waals surface area contributed by atoms with Crippen molar-refractivity contribution in [1.82, 2.24) is 14.4 Å². The molecule has 0 saturated carbocycles. The molecule has 0 aliphatic heterocycles. The number of hydrogen-bond donors (Lipinski definition) is 0. The van der Waals surface area contributed by atoms with Crippen LogP contribution in [-0.4, -0.2) is 47.5 Å². The molecular formula is C26H25F2N3O2. The Hall–Kier alpha value is -3.58. The van der Waals surface area contributed by atoms with E-state index >= 15 is 0 Å². The molecule has 33 heavy (non-hydrogen) atoms. The summed E-state index contributed by atoms with van der Waals surface area (Å²) in [5, 5.41) is 1.07. The third-order valence-corrected chi connectivity index (χ3v) is 5.72. The molecule has 0 N–H and O–H groups in total. The highest BCUT2D eigenvalue weighted by atomic mass is 19.1. The lowest BCUT2D eigenvalue weighted by atomic mass is 10.1. The number of amides is 1. The summed E-state index contributed by atoms with van der Waals surface area (Å²) in [5.74, 6) is -1.56. The highest BCUT2D eigenvalue weighted by Gasteiger charge is 2.19. The number of fused-ring (bicyclic) bond motifs is 2. The SMILES string of the molecule is CN(C)CCN(Cc1ccc(F)cc1F)C(=O)Cn1c2ccccc2c(=O)c2ccccc21. The summed E-state index contributed by atoms with van der Waals surface area (Å²) in [6.07, 6.45) is 0. The maximum Gasteiger partial charge on any atom is 0.242 e. The second-order valence-electron chi connectivity index (χ2n) is 8.30. The van der Waals surface area contributed by atoms with Crippen molar-refractivity contribution < 1.29 is 13.6 Å². The Morgan fingerprint density at radius 1 is 0.879 bits per heavy atom. The van der Waals surface area contributed by atoms with Crippen molar-refractivity contribution in [2.45, 2.75) is 13.1 Å². The number of hydrogen-bond acceptors (Lipinski definition) is 3. The molecule has 1 amide bonds. The Morgan fingerprint density at radius 3 is 2.06 bits per heavy atom. The standard InChI is InChI=1S/C26H25F2N3O2/c1-29(2)13-14-30(16-18-11-12-19(27)15-22(18)28)25(32)17-31-23-9-5-3-7-20(23)26(33)21-8-4-6-10-24(21)31/h3-12,15H,13-14,16-17H2,1-2H3. The third-order valence-electron chi connectivity index (χ3n) is 5.72. The van der Waals surface area contributed by atoms with Crippen LogP contribution in [0.3, 0.4) is 0 Å². The molecule has 5 nitrogen and oxygen atoms in total. The van der Waals surface area contributed by atoms with E-state index in [1.807, 2.05) is 47.8 Å². The van der Waals surface area contributed by atoms with Gasteiger partial charge in [-0.05, 0) is 44.4 Å². The van der Waals surface area contributed by atoms with E-state index in [4.69, 9.17) is 0 Å². The van der Waals surface area contributed by atoms with Gasteiger partial charge in [0.15, 0.2) is 5.43 Å². The number of halogens is 2. The van der Waals surface area contributed by atoms with Gasteiger partial charge in [-0.3, -0.25) is 9.59 Å². The van der Waals surface area contributed by atoms with E-state index in [1.165, 1.54) is 12.1 Å². The Labute approximate surface area is 190 Å². The second-order valence-corrected chi connectivity index (χ2v) is 8.30. The van der Waals surface area contributed by atoms with Gasteiger partial charge in [-0.15, -0.1) is 0 Å². The number of para-hydroxylation sites is 2. The predicted molar refractivity (Wildman–Crippen MR) is 126 cm³/mol. The van der Waals surface area contributed by atoms with Crippen LogP contribution in [0.15, 0.2) is 71.5 Å². The molecule has 4 aromatic rings. The van der Waals surface area contributed by atoms with Gasteiger partial charge in [0.2, 0.25) is 5.91 Å². The molecule has 0 fully saturated rings. The summed E-state index contributed by atoms with van der Waals surface area (Å²) in [4.78, 5) is 30.0. The monoisotopic (exact) mass is 449 g/mol. The average molecular weight is 450 g/mol. The number of pyridine rings is 1. The van der Waals surface area contributed by atoms with Crippen molar-refractivity contribution in [3.63, 3.8) is 0 Å². The topological polar surface area (TPSA) is 45.5 Å². The molecule has 0 saturated heterocycles. The first-order valence-corrected chi connectivity index (χ1v) is 10.7. The lowest BCUT2D eigenvalue weighted by molar-refractivity contribution is -0.132. The van der Waals surface area contributed by atoms with Crippen LogP contribution in [0.5, 0.6) is 0 Å². The average Bonchev–Trinajstić information content (AvgIpc) is 2.80. The van der Waals surface area contributed by atoms with Gasteiger partial charge in [-0.2, -0.15) is 0 Å². The molecule has 7 heteroatoms. The van der Waals surface area contributed by atoms with Crippen LogP contribution in [0, 0.1) is 11.6 Å². The number of nitrogens with zero attached hydrogens (tertiary/aromatic N) is 3. The fourth-order valence-electron chi connectivity index (χ4n) is 3.95. The summed E-state index contributed by atoms with van der Waals surface area (Å²) in [5.41, 5.74) is 1.49. The lowest BCUT2D eigenvalue weighted by Gasteiger charge is -2.26. The van der Waals surface area contributed by atoms with Crippen LogP contribution < -0.4 is 5.43 Å². The first kappa shape index (κ1) is 22.6. The summed E-state index contributed by atoms with van der Waals surface area (Å²) in [6.45, 7) is 0.964. The molecule has 1 aromatic heterocycles. The summed E-state index contributed by atoms with van der Waals surface area (Å²) in [7, 11) is 3.79. The van der Waals surface area contributed by atoms with E-state index in [1.54, 1.807) is 29.2 Å². The van der Waals surface area contributed by atoms with Gasteiger partial charge < -0.3 is 14.4 Å². The van der Waals surface area contributed by atoms with Crippen LogP contribution in [0.4, 0.5) is 8.78 Å². The van der Waals surface area contributed by atoms with Crippen LogP contribution in [-0.2, 0) is 17.9 Å². The summed E-state index contributed by atoms with van der Waals surface area (Å²) < 4.78 is 29.5. The minimum atomic E-state index is -0.683. The molecule has 170 valence electrons. The van der Waals surface area contributed by atoms with Gasteiger partial charge in [0.25, 0.3) is 0 Å².